The number of rotatable bonds is 4. The van der Waals surface area contributed by atoms with Gasteiger partial charge in [0.1, 0.15) is 0 Å². The van der Waals surface area contributed by atoms with Crippen LogP contribution >= 0.6 is 0 Å². The van der Waals surface area contributed by atoms with Gasteiger partial charge in [0.05, 0.1) is 0 Å². The molecule has 0 heterocycles. The Morgan fingerprint density at radius 3 is 2.00 bits per heavy atom. The van der Waals surface area contributed by atoms with E-state index in [0.29, 0.717) is 0 Å². The molecule has 2 N–H and O–H groups in total. The second kappa shape index (κ2) is 5.83. The zero-order valence-electron chi connectivity index (χ0n) is 11.2. The summed E-state index contributed by atoms with van der Waals surface area (Å²) in [5.41, 5.74) is 12.1. The molecular formula is C17H21N. The van der Waals surface area contributed by atoms with Gasteiger partial charge in [-0.25, -0.2) is 0 Å². The van der Waals surface area contributed by atoms with E-state index in [9.17, 15) is 0 Å². The lowest BCUT2D eigenvalue weighted by molar-refractivity contribution is 0.833. The maximum Gasteiger partial charge on any atom is -0.00741 e. The van der Waals surface area contributed by atoms with Crippen molar-refractivity contribution in [3.63, 3.8) is 0 Å². The SMILES string of the molecule is Cc1cc(C)cc(-c2ccc(CCCN)cc2)c1. The van der Waals surface area contributed by atoms with Crippen molar-refractivity contribution in [2.45, 2.75) is 26.7 Å². The van der Waals surface area contributed by atoms with Gasteiger partial charge in [-0.15, -0.1) is 0 Å². The molecule has 0 amide bonds. The third kappa shape index (κ3) is 3.21. The number of nitrogens with two attached hydrogens (primary N) is 1. The van der Waals surface area contributed by atoms with Gasteiger partial charge in [-0.3, -0.25) is 0 Å². The first-order valence-corrected chi connectivity index (χ1v) is 6.57. The van der Waals surface area contributed by atoms with Crippen molar-refractivity contribution < 1.29 is 0 Å². The van der Waals surface area contributed by atoms with Gasteiger partial charge < -0.3 is 5.73 Å². The number of aryl methyl sites for hydroxylation is 3. The lowest BCUT2D eigenvalue weighted by Crippen LogP contribution is -2.00. The molecule has 0 fully saturated rings. The molecule has 2 aromatic rings. The van der Waals surface area contributed by atoms with Crippen LogP contribution in [0.25, 0.3) is 11.1 Å². The van der Waals surface area contributed by atoms with E-state index in [2.05, 4.69) is 56.3 Å². The third-order valence-electron chi connectivity index (χ3n) is 3.18. The maximum absolute atomic E-state index is 5.53. The molecule has 0 saturated heterocycles. The van der Waals surface area contributed by atoms with E-state index in [0.717, 1.165) is 19.4 Å². The number of benzene rings is 2. The summed E-state index contributed by atoms with van der Waals surface area (Å²) in [5.74, 6) is 0. The van der Waals surface area contributed by atoms with Gasteiger partial charge in [-0.1, -0.05) is 53.6 Å². The van der Waals surface area contributed by atoms with Crippen LogP contribution in [0.1, 0.15) is 23.1 Å². The zero-order chi connectivity index (χ0) is 13.0. The first kappa shape index (κ1) is 12.8. The molecule has 94 valence electrons. The summed E-state index contributed by atoms with van der Waals surface area (Å²) in [6, 6.07) is 15.5. The minimum Gasteiger partial charge on any atom is -0.330 e. The van der Waals surface area contributed by atoms with Crippen LogP contribution in [0.3, 0.4) is 0 Å². The van der Waals surface area contributed by atoms with E-state index in [-0.39, 0.29) is 0 Å². The largest absolute Gasteiger partial charge is 0.330 e. The monoisotopic (exact) mass is 239 g/mol. The predicted molar refractivity (Wildman–Crippen MR) is 78.7 cm³/mol. The van der Waals surface area contributed by atoms with Gasteiger partial charge >= 0.3 is 0 Å². The Kier molecular flexibility index (Phi) is 4.16. The summed E-state index contributed by atoms with van der Waals surface area (Å²) in [5, 5.41) is 0. The first-order valence-electron chi connectivity index (χ1n) is 6.57. The maximum atomic E-state index is 5.53. The fraction of sp³-hybridized carbons (Fsp3) is 0.294. The van der Waals surface area contributed by atoms with Gasteiger partial charge in [0.25, 0.3) is 0 Å². The Hall–Kier alpha value is -1.60. The molecule has 0 atom stereocenters. The topological polar surface area (TPSA) is 26.0 Å². The van der Waals surface area contributed by atoms with Crippen LogP contribution in [0.4, 0.5) is 0 Å². The Bertz CT molecular complexity index is 491. The summed E-state index contributed by atoms with van der Waals surface area (Å²) in [4.78, 5) is 0. The van der Waals surface area contributed by atoms with E-state index in [1.807, 2.05) is 0 Å². The first-order chi connectivity index (χ1) is 8.69. The highest BCUT2D eigenvalue weighted by Gasteiger charge is 2.00. The van der Waals surface area contributed by atoms with Gasteiger partial charge in [0, 0.05) is 0 Å². The normalized spacial score (nSPS) is 10.6. The molecule has 0 radical (unpaired) electrons. The lowest BCUT2D eigenvalue weighted by atomic mass is 9.99. The summed E-state index contributed by atoms with van der Waals surface area (Å²) in [6.45, 7) is 5.05. The van der Waals surface area contributed by atoms with E-state index < -0.39 is 0 Å². The molecule has 2 aromatic carbocycles. The van der Waals surface area contributed by atoms with Crippen LogP contribution in [0.15, 0.2) is 42.5 Å². The Morgan fingerprint density at radius 1 is 0.833 bits per heavy atom. The molecule has 0 aliphatic heterocycles. The van der Waals surface area contributed by atoms with Crippen molar-refractivity contribution in [3.8, 4) is 11.1 Å². The lowest BCUT2D eigenvalue weighted by Gasteiger charge is -2.07. The Balaban J connectivity index is 2.23. The van der Waals surface area contributed by atoms with Crippen LogP contribution in [0, 0.1) is 13.8 Å². The van der Waals surface area contributed by atoms with Gasteiger partial charge in [-0.2, -0.15) is 0 Å². The Labute approximate surface area is 110 Å². The molecule has 1 nitrogen and oxygen atoms in total. The van der Waals surface area contributed by atoms with Crippen LogP contribution in [0.5, 0.6) is 0 Å². The average Bonchev–Trinajstić information content (AvgIpc) is 2.36. The Morgan fingerprint density at radius 2 is 1.44 bits per heavy atom. The van der Waals surface area contributed by atoms with Crippen molar-refractivity contribution in [1.82, 2.24) is 0 Å². The fourth-order valence-electron chi connectivity index (χ4n) is 2.31. The van der Waals surface area contributed by atoms with E-state index in [1.54, 1.807) is 0 Å². The molecule has 0 unspecified atom stereocenters. The molecule has 0 aromatic heterocycles. The summed E-state index contributed by atoms with van der Waals surface area (Å²) >= 11 is 0. The van der Waals surface area contributed by atoms with Crippen molar-refractivity contribution in [1.29, 1.82) is 0 Å². The van der Waals surface area contributed by atoms with Crippen molar-refractivity contribution >= 4 is 0 Å². The van der Waals surface area contributed by atoms with Crippen molar-refractivity contribution in [3.05, 3.63) is 59.2 Å². The van der Waals surface area contributed by atoms with Gasteiger partial charge in [0.2, 0.25) is 0 Å². The second-order valence-corrected chi connectivity index (χ2v) is 4.97. The molecule has 0 spiro atoms. The molecule has 0 aliphatic rings. The third-order valence-corrected chi connectivity index (χ3v) is 3.18. The molecule has 1 heteroatoms. The van der Waals surface area contributed by atoms with Crippen LogP contribution in [-0.2, 0) is 6.42 Å². The minimum atomic E-state index is 0.763. The average molecular weight is 239 g/mol. The van der Waals surface area contributed by atoms with Crippen LogP contribution < -0.4 is 5.73 Å². The van der Waals surface area contributed by atoms with Gasteiger partial charge in [-0.05, 0) is 49.9 Å². The highest BCUT2D eigenvalue weighted by molar-refractivity contribution is 5.65. The second-order valence-electron chi connectivity index (χ2n) is 4.97. The quantitative estimate of drug-likeness (QED) is 0.861. The molecule has 18 heavy (non-hydrogen) atoms. The number of hydrogen-bond acceptors (Lipinski definition) is 1. The van der Waals surface area contributed by atoms with E-state index >= 15 is 0 Å². The van der Waals surface area contributed by atoms with Crippen molar-refractivity contribution in [2.24, 2.45) is 5.73 Å². The number of hydrogen-bond donors (Lipinski definition) is 1. The van der Waals surface area contributed by atoms with Crippen LogP contribution in [-0.4, -0.2) is 6.54 Å². The molecular weight excluding hydrogens is 218 g/mol. The van der Waals surface area contributed by atoms with Crippen LogP contribution in [0.2, 0.25) is 0 Å². The summed E-state index contributed by atoms with van der Waals surface area (Å²) < 4.78 is 0. The molecule has 2 rings (SSSR count). The highest BCUT2D eigenvalue weighted by Crippen LogP contribution is 2.22. The summed E-state index contributed by atoms with van der Waals surface area (Å²) in [6.07, 6.45) is 2.13. The van der Waals surface area contributed by atoms with E-state index in [4.69, 9.17) is 5.73 Å². The zero-order valence-corrected chi connectivity index (χ0v) is 11.2. The summed E-state index contributed by atoms with van der Waals surface area (Å²) in [7, 11) is 0. The smallest absolute Gasteiger partial charge is 0.00741 e. The highest BCUT2D eigenvalue weighted by atomic mass is 14.5. The molecule has 0 aliphatic carbocycles. The predicted octanol–water partition coefficient (Wildman–Crippen LogP) is 3.86. The minimum absolute atomic E-state index is 0.763. The molecule has 0 saturated carbocycles. The van der Waals surface area contributed by atoms with Gasteiger partial charge in [0.15, 0.2) is 0 Å². The standard InChI is InChI=1S/C17H21N/c1-13-10-14(2)12-17(11-13)16-7-5-15(6-8-16)4-3-9-18/h5-8,10-12H,3-4,9,18H2,1-2H3. The van der Waals surface area contributed by atoms with Crippen molar-refractivity contribution in [2.75, 3.05) is 6.54 Å². The van der Waals surface area contributed by atoms with E-state index in [1.165, 1.54) is 27.8 Å². The molecule has 0 bridgehead atoms. The fourth-order valence-corrected chi connectivity index (χ4v) is 2.31.